The predicted molar refractivity (Wildman–Crippen MR) is 155 cm³/mol. The summed E-state index contributed by atoms with van der Waals surface area (Å²) < 4.78 is 13.0. The predicted octanol–water partition coefficient (Wildman–Crippen LogP) is 6.84. The van der Waals surface area contributed by atoms with Crippen LogP contribution >= 0.6 is 0 Å². The first-order valence-corrected chi connectivity index (χ1v) is 16.4. The van der Waals surface area contributed by atoms with Crippen molar-refractivity contribution in [3.8, 4) is 0 Å². The number of hydrogen-bond donors (Lipinski definition) is 1. The van der Waals surface area contributed by atoms with Gasteiger partial charge in [-0.1, -0.05) is 95.3 Å². The molecule has 0 spiro atoms. The average molecular weight is 528 g/mol. The van der Waals surface area contributed by atoms with E-state index in [1.54, 1.807) is 11.9 Å². The minimum absolute atomic E-state index is 0.0330. The first-order valence-electron chi connectivity index (χ1n) is 13.5. The molecular weight excluding hydrogens is 478 g/mol. The van der Waals surface area contributed by atoms with Crippen LogP contribution in [-0.4, -0.2) is 50.0 Å². The van der Waals surface area contributed by atoms with E-state index in [1.807, 2.05) is 62.4 Å². The molecule has 6 heteroatoms. The molecule has 0 saturated carbocycles. The lowest BCUT2D eigenvalue weighted by atomic mass is 9.91. The van der Waals surface area contributed by atoms with Gasteiger partial charge >= 0.3 is 0 Å². The Morgan fingerprint density at radius 3 is 2.05 bits per heavy atom. The molecule has 0 unspecified atom stereocenters. The molecule has 5 nitrogen and oxygen atoms in total. The van der Waals surface area contributed by atoms with Crippen molar-refractivity contribution < 1.29 is 19.1 Å². The molecule has 1 N–H and O–H groups in total. The van der Waals surface area contributed by atoms with E-state index >= 15 is 0 Å². The number of amides is 1. The van der Waals surface area contributed by atoms with Crippen LogP contribution in [0.4, 0.5) is 0 Å². The lowest BCUT2D eigenvalue weighted by Crippen LogP contribution is -2.47. The van der Waals surface area contributed by atoms with Crippen molar-refractivity contribution in [3.63, 3.8) is 0 Å². The Hall–Kier alpha value is -1.99. The van der Waals surface area contributed by atoms with E-state index < -0.39 is 14.4 Å². The Kier molecular flexibility index (Phi) is 11.6. The van der Waals surface area contributed by atoms with Gasteiger partial charge in [0, 0.05) is 13.0 Å². The lowest BCUT2D eigenvalue weighted by Gasteiger charge is -2.41. The van der Waals surface area contributed by atoms with Crippen molar-refractivity contribution in [2.75, 3.05) is 13.7 Å². The van der Waals surface area contributed by atoms with Gasteiger partial charge < -0.3 is 19.2 Å². The summed E-state index contributed by atoms with van der Waals surface area (Å²) in [5.74, 6) is -0.0396. The molecule has 0 radical (unpaired) electrons. The average Bonchev–Trinajstić information content (AvgIpc) is 2.86. The Morgan fingerprint density at radius 2 is 1.51 bits per heavy atom. The van der Waals surface area contributed by atoms with Gasteiger partial charge in [0.1, 0.15) is 0 Å². The molecule has 5 atom stereocenters. The van der Waals surface area contributed by atoms with E-state index in [2.05, 4.69) is 52.9 Å². The minimum atomic E-state index is -2.04. The lowest BCUT2D eigenvalue weighted by molar-refractivity contribution is -0.138. The summed E-state index contributed by atoms with van der Waals surface area (Å²) in [7, 11) is -0.254. The Morgan fingerprint density at radius 1 is 0.973 bits per heavy atom. The van der Waals surface area contributed by atoms with Gasteiger partial charge in [-0.15, -0.1) is 0 Å². The second kappa shape index (κ2) is 13.7. The third kappa shape index (κ3) is 9.06. The van der Waals surface area contributed by atoms with E-state index in [-0.39, 0.29) is 34.9 Å². The van der Waals surface area contributed by atoms with Crippen LogP contribution in [-0.2, 0) is 20.6 Å². The standard InChI is InChI=1S/C31H49NO4Si/c1-23(20-24(2)30(34)32(7)25(3)29(33)27-18-14-11-15-19-27)28(36-37(8,9)31(4,5)6)22-35-21-26-16-12-10-13-17-26/h10-19,23-25,28-29,33H,20-22H2,1-9H3/t23-,24-,25-,28-,29+/m0/s1. The van der Waals surface area contributed by atoms with Gasteiger partial charge in [-0.05, 0) is 48.5 Å². The zero-order chi connectivity index (χ0) is 27.8. The molecular formula is C31H49NO4Si. The fourth-order valence-electron chi connectivity index (χ4n) is 4.24. The van der Waals surface area contributed by atoms with Crippen LogP contribution in [0.3, 0.4) is 0 Å². The molecule has 37 heavy (non-hydrogen) atoms. The van der Waals surface area contributed by atoms with Crippen LogP contribution in [0.5, 0.6) is 0 Å². The molecule has 0 aromatic heterocycles. The van der Waals surface area contributed by atoms with Crippen LogP contribution in [0.15, 0.2) is 60.7 Å². The van der Waals surface area contributed by atoms with Gasteiger partial charge in [-0.3, -0.25) is 4.79 Å². The largest absolute Gasteiger partial charge is 0.411 e. The molecule has 0 aliphatic rings. The molecule has 2 aromatic carbocycles. The van der Waals surface area contributed by atoms with Gasteiger partial charge in [0.15, 0.2) is 8.32 Å². The van der Waals surface area contributed by atoms with Crippen molar-refractivity contribution in [1.29, 1.82) is 0 Å². The molecule has 206 valence electrons. The van der Waals surface area contributed by atoms with Gasteiger partial charge in [0.2, 0.25) is 5.91 Å². The number of aliphatic hydroxyl groups is 1. The third-order valence-electron chi connectivity index (χ3n) is 7.98. The Balaban J connectivity index is 2.07. The summed E-state index contributed by atoms with van der Waals surface area (Å²) >= 11 is 0. The highest BCUT2D eigenvalue weighted by Gasteiger charge is 2.40. The molecule has 2 aromatic rings. The summed E-state index contributed by atoms with van der Waals surface area (Å²) in [6.45, 7) is 18.3. The Bertz CT molecular complexity index is 945. The molecule has 0 aliphatic carbocycles. The fraction of sp³-hybridized carbons (Fsp3) is 0.581. The van der Waals surface area contributed by atoms with E-state index in [1.165, 1.54) is 0 Å². The zero-order valence-electron chi connectivity index (χ0n) is 24.4. The van der Waals surface area contributed by atoms with Gasteiger partial charge in [0.05, 0.1) is 31.5 Å². The van der Waals surface area contributed by atoms with Crippen molar-refractivity contribution in [1.82, 2.24) is 4.90 Å². The van der Waals surface area contributed by atoms with Crippen molar-refractivity contribution in [3.05, 3.63) is 71.8 Å². The number of rotatable bonds is 13. The smallest absolute Gasteiger partial charge is 0.225 e. The SMILES string of the molecule is C[C@@H](C[C@H](C)[C@H](COCc1ccccc1)O[Si](C)(C)C(C)(C)C)C(=O)N(C)[C@@H](C)[C@@H](O)c1ccccc1. The number of carbonyl (C=O) groups is 1. The normalized spacial score (nSPS) is 16.5. The summed E-state index contributed by atoms with van der Waals surface area (Å²) in [5, 5.41) is 10.9. The number of likely N-dealkylation sites (N-methyl/N-ethyl adjacent to an activating group) is 1. The maximum absolute atomic E-state index is 13.4. The maximum Gasteiger partial charge on any atom is 0.225 e. The number of benzene rings is 2. The van der Waals surface area contributed by atoms with Crippen LogP contribution < -0.4 is 0 Å². The monoisotopic (exact) mass is 527 g/mol. The number of carbonyl (C=O) groups excluding carboxylic acids is 1. The van der Waals surface area contributed by atoms with E-state index in [0.29, 0.717) is 19.6 Å². The summed E-state index contributed by atoms with van der Waals surface area (Å²) in [6, 6.07) is 19.3. The third-order valence-corrected chi connectivity index (χ3v) is 12.5. The molecule has 0 heterocycles. The molecule has 2 rings (SSSR count). The Labute approximate surface area is 226 Å². The van der Waals surface area contributed by atoms with E-state index in [0.717, 1.165) is 11.1 Å². The van der Waals surface area contributed by atoms with Crippen LogP contribution in [0.1, 0.15) is 65.2 Å². The van der Waals surface area contributed by atoms with Crippen molar-refractivity contribution in [2.24, 2.45) is 11.8 Å². The van der Waals surface area contributed by atoms with Gasteiger partial charge in [-0.2, -0.15) is 0 Å². The van der Waals surface area contributed by atoms with Crippen molar-refractivity contribution >= 4 is 14.2 Å². The summed E-state index contributed by atoms with van der Waals surface area (Å²) in [6.07, 6.45) is -0.149. The highest BCUT2D eigenvalue weighted by atomic mass is 28.4. The number of aliphatic hydroxyl groups excluding tert-OH is 1. The molecule has 0 saturated heterocycles. The minimum Gasteiger partial charge on any atom is -0.411 e. The van der Waals surface area contributed by atoms with Crippen LogP contribution in [0, 0.1) is 11.8 Å². The second-order valence-corrected chi connectivity index (χ2v) is 16.8. The number of hydrogen-bond acceptors (Lipinski definition) is 4. The molecule has 0 aliphatic heterocycles. The van der Waals surface area contributed by atoms with Crippen LogP contribution in [0.25, 0.3) is 0 Å². The number of ether oxygens (including phenoxy) is 1. The first kappa shape index (κ1) is 31.2. The fourth-order valence-corrected chi connectivity index (χ4v) is 5.65. The molecule has 0 bridgehead atoms. The van der Waals surface area contributed by atoms with Crippen LogP contribution in [0.2, 0.25) is 18.1 Å². The van der Waals surface area contributed by atoms with E-state index in [4.69, 9.17) is 9.16 Å². The van der Waals surface area contributed by atoms with Gasteiger partial charge in [-0.25, -0.2) is 0 Å². The molecule has 1 amide bonds. The quantitative estimate of drug-likeness (QED) is 0.290. The maximum atomic E-state index is 13.4. The topological polar surface area (TPSA) is 59.0 Å². The van der Waals surface area contributed by atoms with Crippen molar-refractivity contribution in [2.45, 2.75) is 91.0 Å². The second-order valence-electron chi connectivity index (χ2n) is 12.1. The summed E-state index contributed by atoms with van der Waals surface area (Å²) in [4.78, 5) is 15.1. The highest BCUT2D eigenvalue weighted by Crippen LogP contribution is 2.38. The highest BCUT2D eigenvalue weighted by molar-refractivity contribution is 6.74. The van der Waals surface area contributed by atoms with E-state index in [9.17, 15) is 9.90 Å². The number of nitrogens with zero attached hydrogens (tertiary/aromatic N) is 1. The first-order chi connectivity index (χ1) is 17.2. The summed E-state index contributed by atoms with van der Waals surface area (Å²) in [5.41, 5.74) is 1.95. The zero-order valence-corrected chi connectivity index (χ0v) is 25.4. The van der Waals surface area contributed by atoms with Gasteiger partial charge in [0.25, 0.3) is 0 Å². The molecule has 0 fully saturated rings.